The zero-order chi connectivity index (χ0) is 20.5. The molecule has 0 radical (unpaired) electrons. The molecule has 4 aromatic rings. The Labute approximate surface area is 174 Å². The van der Waals surface area contributed by atoms with Gasteiger partial charge in [-0.25, -0.2) is 14.5 Å². The molecule has 0 unspecified atom stereocenters. The van der Waals surface area contributed by atoms with Crippen molar-refractivity contribution in [1.82, 2.24) is 24.6 Å². The van der Waals surface area contributed by atoms with Gasteiger partial charge in [-0.05, 0) is 49.6 Å². The second-order valence-corrected chi connectivity index (χ2v) is 7.52. The van der Waals surface area contributed by atoms with Gasteiger partial charge in [0.25, 0.3) is 0 Å². The van der Waals surface area contributed by atoms with Crippen LogP contribution in [0.25, 0.3) is 28.0 Å². The van der Waals surface area contributed by atoms with Crippen LogP contribution in [0.15, 0.2) is 48.9 Å². The Kier molecular flexibility index (Phi) is 4.88. The van der Waals surface area contributed by atoms with Crippen molar-refractivity contribution in [2.75, 3.05) is 20.3 Å². The Morgan fingerprint density at radius 2 is 1.90 bits per heavy atom. The first-order valence-electron chi connectivity index (χ1n) is 10.1. The van der Waals surface area contributed by atoms with Crippen molar-refractivity contribution >= 4 is 5.65 Å². The van der Waals surface area contributed by atoms with Crippen LogP contribution in [-0.4, -0.2) is 44.9 Å². The molecular weight excluding hydrogens is 378 g/mol. The van der Waals surface area contributed by atoms with Gasteiger partial charge >= 0.3 is 0 Å². The normalized spacial score (nSPS) is 13.7. The lowest BCUT2D eigenvalue weighted by atomic mass is 10.1. The van der Waals surface area contributed by atoms with E-state index in [4.69, 9.17) is 19.6 Å². The van der Waals surface area contributed by atoms with Crippen molar-refractivity contribution < 1.29 is 9.47 Å². The molecule has 0 N–H and O–H groups in total. The van der Waals surface area contributed by atoms with E-state index < -0.39 is 0 Å². The minimum atomic E-state index is 0.474. The van der Waals surface area contributed by atoms with Crippen LogP contribution in [0.2, 0.25) is 0 Å². The highest BCUT2D eigenvalue weighted by molar-refractivity contribution is 5.81. The molecule has 0 saturated heterocycles. The highest BCUT2D eigenvalue weighted by Crippen LogP contribution is 2.45. The number of aryl methyl sites for hydroxylation is 1. The van der Waals surface area contributed by atoms with E-state index in [1.54, 1.807) is 19.5 Å². The van der Waals surface area contributed by atoms with E-state index in [9.17, 15) is 0 Å². The van der Waals surface area contributed by atoms with Gasteiger partial charge in [0.15, 0.2) is 5.65 Å². The molecule has 152 valence electrons. The number of hydrogen-bond acceptors (Lipinski definition) is 6. The lowest BCUT2D eigenvalue weighted by molar-refractivity contribution is 0.144. The van der Waals surface area contributed by atoms with E-state index in [2.05, 4.69) is 16.0 Å². The van der Waals surface area contributed by atoms with Crippen LogP contribution >= 0.6 is 0 Å². The van der Waals surface area contributed by atoms with Crippen LogP contribution in [0, 0.1) is 6.92 Å². The van der Waals surface area contributed by atoms with E-state index in [0.29, 0.717) is 25.0 Å². The van der Waals surface area contributed by atoms with Gasteiger partial charge in [0.2, 0.25) is 5.88 Å². The van der Waals surface area contributed by atoms with Crippen LogP contribution in [0.3, 0.4) is 0 Å². The van der Waals surface area contributed by atoms with Crippen LogP contribution in [-0.2, 0) is 4.74 Å². The fraction of sp³-hybridized carbons (Fsp3) is 0.304. The maximum atomic E-state index is 5.61. The summed E-state index contributed by atoms with van der Waals surface area (Å²) in [6.07, 6.45) is 7.77. The molecular formula is C23H23N5O2. The Morgan fingerprint density at radius 1 is 1.07 bits per heavy atom. The average molecular weight is 401 g/mol. The Balaban J connectivity index is 1.63. The maximum Gasteiger partial charge on any atom is 0.213 e. The third kappa shape index (κ3) is 3.52. The summed E-state index contributed by atoms with van der Waals surface area (Å²) in [5.74, 6) is 1.06. The fourth-order valence-corrected chi connectivity index (χ4v) is 3.65. The average Bonchev–Trinajstić information content (AvgIpc) is 3.55. The number of aromatic nitrogens is 5. The number of hydrogen-bond donors (Lipinski definition) is 0. The quantitative estimate of drug-likeness (QED) is 0.435. The topological polar surface area (TPSA) is 74.4 Å². The summed E-state index contributed by atoms with van der Waals surface area (Å²) in [4.78, 5) is 13.7. The molecule has 4 aromatic heterocycles. The molecule has 0 amide bonds. The monoisotopic (exact) mass is 401 g/mol. The smallest absolute Gasteiger partial charge is 0.213 e. The SMILES string of the molecule is COCCOc1ccc(-c2c(C3CC3)nc3c(-c4ccncc4)cc(C)nn23)cn1. The standard InChI is InChI=1S/C23H23N5O2/c1-15-13-19(16-7-9-24-10-8-16)23-26-21(17-3-4-17)22(28(23)27-15)18-5-6-20(25-14-18)30-12-11-29-2/h5-10,13-14,17H,3-4,11-12H2,1-2H3. The van der Waals surface area contributed by atoms with Crippen LogP contribution < -0.4 is 4.74 Å². The number of rotatable bonds is 7. The fourth-order valence-electron chi connectivity index (χ4n) is 3.65. The molecule has 5 rings (SSSR count). The Hall–Kier alpha value is -3.32. The minimum Gasteiger partial charge on any atom is -0.475 e. The minimum absolute atomic E-state index is 0.474. The lowest BCUT2D eigenvalue weighted by Crippen LogP contribution is -2.05. The second kappa shape index (κ2) is 7.84. The third-order valence-corrected chi connectivity index (χ3v) is 5.24. The van der Waals surface area contributed by atoms with Gasteiger partial charge in [0.05, 0.1) is 23.7 Å². The van der Waals surface area contributed by atoms with Gasteiger partial charge in [0.1, 0.15) is 6.61 Å². The molecule has 0 spiro atoms. The summed E-state index contributed by atoms with van der Waals surface area (Å²) in [7, 11) is 1.65. The van der Waals surface area contributed by atoms with Gasteiger partial charge in [-0.2, -0.15) is 5.10 Å². The van der Waals surface area contributed by atoms with E-state index in [1.807, 2.05) is 41.9 Å². The molecule has 0 aliphatic heterocycles. The summed E-state index contributed by atoms with van der Waals surface area (Å²) in [5.41, 5.74) is 7.04. The molecule has 0 atom stereocenters. The highest BCUT2D eigenvalue weighted by atomic mass is 16.5. The van der Waals surface area contributed by atoms with E-state index in [0.717, 1.165) is 52.3 Å². The van der Waals surface area contributed by atoms with Gasteiger partial charge in [-0.15, -0.1) is 0 Å². The molecule has 7 nitrogen and oxygen atoms in total. The molecule has 1 aliphatic carbocycles. The molecule has 4 heterocycles. The summed E-state index contributed by atoms with van der Waals surface area (Å²) >= 11 is 0. The first kappa shape index (κ1) is 18.7. The largest absolute Gasteiger partial charge is 0.475 e. The van der Waals surface area contributed by atoms with Crippen LogP contribution in [0.1, 0.15) is 30.1 Å². The molecule has 1 saturated carbocycles. The Bertz CT molecular complexity index is 1170. The molecule has 0 aromatic carbocycles. The number of methoxy groups -OCH3 is 1. The first-order valence-corrected chi connectivity index (χ1v) is 10.1. The number of nitrogens with zero attached hydrogens (tertiary/aromatic N) is 5. The van der Waals surface area contributed by atoms with Crippen molar-refractivity contribution in [1.29, 1.82) is 0 Å². The maximum absolute atomic E-state index is 5.61. The van der Waals surface area contributed by atoms with Gasteiger partial charge < -0.3 is 9.47 Å². The Morgan fingerprint density at radius 3 is 2.60 bits per heavy atom. The van der Waals surface area contributed by atoms with Gasteiger partial charge in [-0.3, -0.25) is 4.98 Å². The summed E-state index contributed by atoms with van der Waals surface area (Å²) in [6, 6.07) is 10.0. The molecule has 30 heavy (non-hydrogen) atoms. The van der Waals surface area contributed by atoms with Crippen molar-refractivity contribution in [3.8, 4) is 28.3 Å². The zero-order valence-corrected chi connectivity index (χ0v) is 17.1. The molecule has 7 heteroatoms. The number of pyridine rings is 2. The summed E-state index contributed by atoms with van der Waals surface area (Å²) in [6.45, 7) is 3.01. The zero-order valence-electron chi connectivity index (χ0n) is 17.1. The highest BCUT2D eigenvalue weighted by Gasteiger charge is 2.32. The van der Waals surface area contributed by atoms with Gasteiger partial charge in [-0.1, -0.05) is 0 Å². The molecule has 0 bridgehead atoms. The van der Waals surface area contributed by atoms with Crippen molar-refractivity contribution in [3.05, 3.63) is 60.3 Å². The molecule has 1 aliphatic rings. The number of imidazole rings is 1. The first-order chi connectivity index (χ1) is 14.7. The van der Waals surface area contributed by atoms with Crippen molar-refractivity contribution in [2.24, 2.45) is 0 Å². The number of fused-ring (bicyclic) bond motifs is 1. The van der Waals surface area contributed by atoms with Crippen LogP contribution in [0.4, 0.5) is 0 Å². The predicted octanol–water partition coefficient (Wildman–Crippen LogP) is 4.06. The van der Waals surface area contributed by atoms with E-state index in [1.165, 1.54) is 0 Å². The lowest BCUT2D eigenvalue weighted by Gasteiger charge is -2.09. The van der Waals surface area contributed by atoms with E-state index >= 15 is 0 Å². The summed E-state index contributed by atoms with van der Waals surface area (Å²) < 4.78 is 12.6. The van der Waals surface area contributed by atoms with Gasteiger partial charge in [0, 0.05) is 48.8 Å². The second-order valence-electron chi connectivity index (χ2n) is 7.52. The summed E-state index contributed by atoms with van der Waals surface area (Å²) in [5, 5.41) is 4.82. The number of ether oxygens (including phenoxy) is 2. The van der Waals surface area contributed by atoms with E-state index in [-0.39, 0.29) is 0 Å². The van der Waals surface area contributed by atoms with Crippen LogP contribution in [0.5, 0.6) is 5.88 Å². The van der Waals surface area contributed by atoms with Crippen molar-refractivity contribution in [2.45, 2.75) is 25.7 Å². The third-order valence-electron chi connectivity index (χ3n) is 5.24. The van der Waals surface area contributed by atoms with Crippen molar-refractivity contribution in [3.63, 3.8) is 0 Å². The predicted molar refractivity (Wildman–Crippen MR) is 114 cm³/mol. The molecule has 1 fully saturated rings.